The molecule has 0 bridgehead atoms. The highest BCUT2D eigenvalue weighted by molar-refractivity contribution is 5.80. The standard InChI is InChI=1S/C29H50N2O12/c30-26-2-4-27(5-3-26)43-25-24-42-23-22-41-21-20-40-19-18-39-17-16-38-15-14-37-13-12-36-11-10-35-9-1-8-31-28(32)6-7-29(33)34/h2-5H,1,6-25,30H2,(H,31,32)(H,33,34). The molecule has 14 nitrogen and oxygen atoms in total. The van der Waals surface area contributed by atoms with Crippen LogP contribution in [0.2, 0.25) is 0 Å². The van der Waals surface area contributed by atoms with E-state index < -0.39 is 5.97 Å². The number of rotatable bonds is 32. The van der Waals surface area contributed by atoms with E-state index in [1.807, 2.05) is 12.1 Å². The van der Waals surface area contributed by atoms with Crippen molar-refractivity contribution in [1.82, 2.24) is 5.32 Å². The quantitative estimate of drug-likeness (QED) is 0.0775. The van der Waals surface area contributed by atoms with Crippen molar-refractivity contribution in [2.45, 2.75) is 19.3 Å². The van der Waals surface area contributed by atoms with Gasteiger partial charge in [0.2, 0.25) is 5.91 Å². The summed E-state index contributed by atoms with van der Waals surface area (Å²) in [5.74, 6) is -0.485. The Morgan fingerprint density at radius 3 is 1.33 bits per heavy atom. The lowest BCUT2D eigenvalue weighted by Gasteiger charge is -2.09. The van der Waals surface area contributed by atoms with Crippen LogP contribution in [0.15, 0.2) is 24.3 Å². The van der Waals surface area contributed by atoms with E-state index in [-0.39, 0.29) is 18.7 Å². The molecule has 0 saturated heterocycles. The summed E-state index contributed by atoms with van der Waals surface area (Å²) < 4.78 is 49.1. The van der Waals surface area contributed by atoms with Crippen LogP contribution in [0.25, 0.3) is 0 Å². The lowest BCUT2D eigenvalue weighted by Crippen LogP contribution is -2.25. The number of nitrogens with one attached hydrogen (secondary N) is 1. The van der Waals surface area contributed by atoms with Crippen LogP contribution in [-0.4, -0.2) is 136 Å². The number of carboxylic acid groups (broad SMARTS) is 1. The van der Waals surface area contributed by atoms with Gasteiger partial charge in [-0.2, -0.15) is 0 Å². The van der Waals surface area contributed by atoms with Gasteiger partial charge in [0, 0.05) is 25.3 Å². The maximum atomic E-state index is 11.3. The van der Waals surface area contributed by atoms with Gasteiger partial charge in [-0.3, -0.25) is 9.59 Å². The van der Waals surface area contributed by atoms with Crippen molar-refractivity contribution in [2.75, 3.05) is 125 Å². The van der Waals surface area contributed by atoms with Gasteiger partial charge in [-0.05, 0) is 30.7 Å². The molecular formula is C29H50N2O12. The number of aliphatic carboxylic acids is 1. The first-order valence-electron chi connectivity index (χ1n) is 14.7. The summed E-state index contributed by atoms with van der Waals surface area (Å²) in [7, 11) is 0. The molecule has 1 aromatic carbocycles. The third kappa shape index (κ3) is 28.0. The van der Waals surface area contributed by atoms with E-state index >= 15 is 0 Å². The number of nitrogens with two attached hydrogens (primary N) is 1. The van der Waals surface area contributed by atoms with E-state index in [0.29, 0.717) is 131 Å². The second-order valence-electron chi connectivity index (χ2n) is 8.91. The van der Waals surface area contributed by atoms with Gasteiger partial charge in [0.25, 0.3) is 0 Å². The van der Waals surface area contributed by atoms with E-state index in [4.69, 9.17) is 53.5 Å². The van der Waals surface area contributed by atoms with E-state index in [1.165, 1.54) is 0 Å². The van der Waals surface area contributed by atoms with Gasteiger partial charge >= 0.3 is 5.97 Å². The fourth-order valence-corrected chi connectivity index (χ4v) is 3.13. The highest BCUT2D eigenvalue weighted by Gasteiger charge is 2.04. The number of anilines is 1. The normalized spacial score (nSPS) is 11.1. The first-order valence-corrected chi connectivity index (χ1v) is 14.7. The molecule has 0 unspecified atom stereocenters. The molecule has 0 fully saturated rings. The third-order valence-electron chi connectivity index (χ3n) is 5.33. The Labute approximate surface area is 254 Å². The molecule has 0 spiro atoms. The molecule has 1 rings (SSSR count). The molecule has 0 saturated carbocycles. The summed E-state index contributed by atoms with van der Waals surface area (Å²) in [5, 5.41) is 11.2. The predicted molar refractivity (Wildman–Crippen MR) is 157 cm³/mol. The maximum absolute atomic E-state index is 11.3. The number of amides is 1. The first kappa shape index (κ1) is 38.5. The van der Waals surface area contributed by atoms with Crippen molar-refractivity contribution in [3.05, 3.63) is 24.3 Å². The number of nitrogen functional groups attached to an aromatic ring is 1. The number of carbonyl (C=O) groups excluding carboxylic acids is 1. The zero-order valence-corrected chi connectivity index (χ0v) is 25.2. The summed E-state index contributed by atoms with van der Waals surface area (Å²) in [6.07, 6.45) is 0.480. The summed E-state index contributed by atoms with van der Waals surface area (Å²) in [4.78, 5) is 21.7. The van der Waals surface area contributed by atoms with Gasteiger partial charge in [-0.25, -0.2) is 0 Å². The van der Waals surface area contributed by atoms with Crippen LogP contribution in [0, 0.1) is 0 Å². The maximum Gasteiger partial charge on any atom is 0.303 e. The zero-order chi connectivity index (χ0) is 31.1. The van der Waals surface area contributed by atoms with Gasteiger partial charge in [-0.1, -0.05) is 0 Å². The Morgan fingerprint density at radius 1 is 0.558 bits per heavy atom. The molecule has 0 radical (unpaired) electrons. The molecule has 0 atom stereocenters. The van der Waals surface area contributed by atoms with Crippen molar-refractivity contribution < 1.29 is 57.3 Å². The van der Waals surface area contributed by atoms with Crippen LogP contribution in [-0.2, 0) is 47.5 Å². The highest BCUT2D eigenvalue weighted by Crippen LogP contribution is 2.12. The lowest BCUT2D eigenvalue weighted by molar-refractivity contribution is -0.138. The van der Waals surface area contributed by atoms with Crippen LogP contribution >= 0.6 is 0 Å². The first-order chi connectivity index (χ1) is 21.1. The minimum absolute atomic E-state index is 0.00939. The van der Waals surface area contributed by atoms with Crippen molar-refractivity contribution in [3.63, 3.8) is 0 Å². The average molecular weight is 619 g/mol. The molecule has 0 aliphatic rings. The predicted octanol–water partition coefficient (Wildman–Crippen LogP) is 1.15. The van der Waals surface area contributed by atoms with Crippen molar-refractivity contribution in [3.8, 4) is 5.75 Å². The SMILES string of the molecule is Nc1ccc(OCCOCCOCCOCCOCCOCCOCCOCCOCCCNC(=O)CCC(=O)O)cc1. The van der Waals surface area contributed by atoms with Crippen LogP contribution in [0.4, 0.5) is 5.69 Å². The Morgan fingerprint density at radius 2 is 0.930 bits per heavy atom. The molecule has 1 aromatic rings. The van der Waals surface area contributed by atoms with Crippen LogP contribution in [0.3, 0.4) is 0 Å². The molecular weight excluding hydrogens is 568 g/mol. The molecule has 248 valence electrons. The number of carboxylic acids is 1. The van der Waals surface area contributed by atoms with Crippen molar-refractivity contribution >= 4 is 17.6 Å². The minimum Gasteiger partial charge on any atom is -0.491 e. The van der Waals surface area contributed by atoms with Gasteiger partial charge in [0.15, 0.2) is 0 Å². The fraction of sp³-hybridized carbons (Fsp3) is 0.724. The second-order valence-corrected chi connectivity index (χ2v) is 8.91. The van der Waals surface area contributed by atoms with Crippen LogP contribution in [0.1, 0.15) is 19.3 Å². The van der Waals surface area contributed by atoms with Gasteiger partial charge < -0.3 is 58.8 Å². The van der Waals surface area contributed by atoms with Crippen LogP contribution in [0.5, 0.6) is 5.75 Å². The zero-order valence-electron chi connectivity index (χ0n) is 25.2. The lowest BCUT2D eigenvalue weighted by atomic mass is 10.3. The summed E-state index contributed by atoms with van der Waals surface area (Å²) in [6, 6.07) is 7.23. The molecule has 43 heavy (non-hydrogen) atoms. The Bertz CT molecular complexity index is 785. The number of carbonyl (C=O) groups is 2. The number of hydrogen-bond donors (Lipinski definition) is 3. The molecule has 0 aliphatic carbocycles. The Hall–Kier alpha value is -2.56. The van der Waals surface area contributed by atoms with Crippen molar-refractivity contribution in [1.29, 1.82) is 0 Å². The Kier molecular flexibility index (Phi) is 26.4. The van der Waals surface area contributed by atoms with Gasteiger partial charge in [0.1, 0.15) is 12.4 Å². The summed E-state index contributed by atoms with van der Waals surface area (Å²) in [6.45, 7) is 8.62. The molecule has 0 aromatic heterocycles. The van der Waals surface area contributed by atoms with Gasteiger partial charge in [0.05, 0.1) is 106 Å². The average Bonchev–Trinajstić information content (AvgIpc) is 3.00. The van der Waals surface area contributed by atoms with E-state index in [2.05, 4.69) is 5.32 Å². The number of ether oxygens (including phenoxy) is 9. The van der Waals surface area contributed by atoms with Gasteiger partial charge in [-0.15, -0.1) is 0 Å². The number of benzene rings is 1. The smallest absolute Gasteiger partial charge is 0.303 e. The van der Waals surface area contributed by atoms with Crippen molar-refractivity contribution in [2.24, 2.45) is 0 Å². The van der Waals surface area contributed by atoms with E-state index in [1.54, 1.807) is 12.1 Å². The monoisotopic (exact) mass is 618 g/mol. The summed E-state index contributed by atoms with van der Waals surface area (Å²) in [5.41, 5.74) is 6.33. The highest BCUT2D eigenvalue weighted by atomic mass is 16.6. The molecule has 0 heterocycles. The molecule has 0 aliphatic heterocycles. The van der Waals surface area contributed by atoms with Crippen LogP contribution < -0.4 is 15.8 Å². The largest absolute Gasteiger partial charge is 0.491 e. The molecule has 14 heteroatoms. The van der Waals surface area contributed by atoms with E-state index in [9.17, 15) is 9.59 Å². The molecule has 1 amide bonds. The number of hydrogen-bond acceptors (Lipinski definition) is 12. The fourth-order valence-electron chi connectivity index (χ4n) is 3.13. The summed E-state index contributed by atoms with van der Waals surface area (Å²) >= 11 is 0. The topological polar surface area (TPSA) is 175 Å². The molecule has 4 N–H and O–H groups in total. The third-order valence-corrected chi connectivity index (χ3v) is 5.33. The minimum atomic E-state index is -0.982. The Balaban J connectivity index is 1.65. The second kappa shape index (κ2) is 29.5. The van der Waals surface area contributed by atoms with E-state index in [0.717, 1.165) is 5.75 Å².